The van der Waals surface area contributed by atoms with Gasteiger partial charge in [0.2, 0.25) is 0 Å². The van der Waals surface area contributed by atoms with Gasteiger partial charge in [-0.15, -0.1) is 0 Å². The summed E-state index contributed by atoms with van der Waals surface area (Å²) in [7, 11) is 0. The third kappa shape index (κ3) is 4.36. The molecule has 0 aromatic heterocycles. The fourth-order valence-corrected chi connectivity index (χ4v) is 3.75. The van der Waals surface area contributed by atoms with Gasteiger partial charge in [-0.2, -0.15) is 0 Å². The summed E-state index contributed by atoms with van der Waals surface area (Å²) in [5.74, 6) is -0.908. The van der Waals surface area contributed by atoms with Crippen molar-refractivity contribution in [3.8, 4) is 0 Å². The third-order valence-corrected chi connectivity index (χ3v) is 5.64. The van der Waals surface area contributed by atoms with E-state index >= 15 is 0 Å². The molecule has 0 unspecified atom stereocenters. The molecule has 150 valence electrons. The number of rotatable bonds is 5. The molecular formula is C23H29FN2O2. The van der Waals surface area contributed by atoms with E-state index < -0.39 is 11.4 Å². The van der Waals surface area contributed by atoms with Crippen molar-refractivity contribution in [1.29, 1.82) is 0 Å². The molecular weight excluding hydrogens is 355 g/mol. The molecule has 2 aliphatic rings. The number of benzene rings is 2. The van der Waals surface area contributed by atoms with E-state index in [2.05, 4.69) is 21.9 Å². The molecule has 4 nitrogen and oxygen atoms in total. The smallest absolute Gasteiger partial charge is 0.314 e. The van der Waals surface area contributed by atoms with E-state index in [1.807, 2.05) is 38.1 Å². The summed E-state index contributed by atoms with van der Waals surface area (Å²) in [6, 6.07) is 14.8. The average molecular weight is 384 g/mol. The number of carboxylic acid groups (broad SMARTS) is 1. The minimum Gasteiger partial charge on any atom is -0.481 e. The molecule has 1 N–H and O–H groups in total. The number of halogens is 1. The molecule has 1 aliphatic carbocycles. The highest BCUT2D eigenvalue weighted by atomic mass is 19.1. The number of hydrogen-bond acceptors (Lipinski definition) is 3. The highest BCUT2D eigenvalue weighted by Gasteiger charge is 2.51. The lowest BCUT2D eigenvalue weighted by Crippen LogP contribution is -2.45. The number of carboxylic acids is 1. The molecule has 2 fully saturated rings. The molecule has 1 saturated carbocycles. The monoisotopic (exact) mass is 384 g/mol. The Bertz CT molecular complexity index is 777. The van der Waals surface area contributed by atoms with E-state index in [4.69, 9.17) is 0 Å². The van der Waals surface area contributed by atoms with Crippen LogP contribution in [0.15, 0.2) is 48.5 Å². The Kier molecular flexibility index (Phi) is 6.35. The normalized spacial score (nSPS) is 18.2. The maximum Gasteiger partial charge on any atom is 0.314 e. The largest absolute Gasteiger partial charge is 0.481 e. The van der Waals surface area contributed by atoms with Crippen LogP contribution < -0.4 is 4.90 Å². The maximum atomic E-state index is 13.0. The lowest BCUT2D eigenvalue weighted by molar-refractivity contribution is -0.140. The van der Waals surface area contributed by atoms with E-state index in [0.29, 0.717) is 0 Å². The van der Waals surface area contributed by atoms with Gasteiger partial charge < -0.3 is 10.0 Å². The second-order valence-electron chi connectivity index (χ2n) is 7.32. The van der Waals surface area contributed by atoms with E-state index in [1.54, 1.807) is 0 Å². The van der Waals surface area contributed by atoms with Crippen molar-refractivity contribution in [2.75, 3.05) is 31.1 Å². The van der Waals surface area contributed by atoms with Crippen molar-refractivity contribution in [3.05, 3.63) is 65.5 Å². The van der Waals surface area contributed by atoms with Gasteiger partial charge in [-0.1, -0.05) is 38.1 Å². The highest BCUT2D eigenvalue weighted by molar-refractivity contribution is 5.84. The van der Waals surface area contributed by atoms with Gasteiger partial charge in [-0.25, -0.2) is 4.39 Å². The fourth-order valence-electron chi connectivity index (χ4n) is 3.75. The number of carbonyl (C=O) groups is 1. The van der Waals surface area contributed by atoms with Crippen molar-refractivity contribution in [1.82, 2.24) is 4.90 Å². The average Bonchev–Trinajstić information content (AvgIpc) is 3.54. The van der Waals surface area contributed by atoms with Crippen LogP contribution in [0.25, 0.3) is 0 Å². The van der Waals surface area contributed by atoms with Gasteiger partial charge in [-0.05, 0) is 48.2 Å². The predicted octanol–water partition coefficient (Wildman–Crippen LogP) is 4.29. The number of piperazine rings is 1. The molecule has 28 heavy (non-hydrogen) atoms. The minimum atomic E-state index is -0.706. The summed E-state index contributed by atoms with van der Waals surface area (Å²) in [6.07, 6.45) is 1.49. The molecule has 1 aliphatic heterocycles. The summed E-state index contributed by atoms with van der Waals surface area (Å²) >= 11 is 0. The van der Waals surface area contributed by atoms with Gasteiger partial charge in [0.25, 0.3) is 0 Å². The molecule has 2 aromatic rings. The number of aliphatic carboxylic acids is 1. The third-order valence-electron chi connectivity index (χ3n) is 5.64. The molecule has 0 atom stereocenters. The van der Waals surface area contributed by atoms with Crippen LogP contribution in [0, 0.1) is 5.82 Å². The van der Waals surface area contributed by atoms with Crippen LogP contribution in [0.1, 0.15) is 37.8 Å². The van der Waals surface area contributed by atoms with Crippen molar-refractivity contribution in [2.45, 2.75) is 38.6 Å². The minimum absolute atomic E-state index is 0.202. The summed E-state index contributed by atoms with van der Waals surface area (Å²) in [4.78, 5) is 16.1. The first-order valence-corrected chi connectivity index (χ1v) is 10.1. The predicted molar refractivity (Wildman–Crippen MR) is 110 cm³/mol. The van der Waals surface area contributed by atoms with Gasteiger partial charge in [0.05, 0.1) is 5.41 Å². The Balaban J connectivity index is 0.00000109. The van der Waals surface area contributed by atoms with Crippen LogP contribution in [0.4, 0.5) is 10.1 Å². The Morgan fingerprint density at radius 3 is 2.04 bits per heavy atom. The summed E-state index contributed by atoms with van der Waals surface area (Å²) in [6.45, 7) is 8.63. The van der Waals surface area contributed by atoms with Gasteiger partial charge in [0, 0.05) is 38.4 Å². The van der Waals surface area contributed by atoms with Crippen molar-refractivity contribution >= 4 is 11.7 Å². The Hall–Kier alpha value is -2.40. The second kappa shape index (κ2) is 8.74. The van der Waals surface area contributed by atoms with E-state index in [1.165, 1.54) is 17.7 Å². The zero-order chi connectivity index (χ0) is 20.1. The van der Waals surface area contributed by atoms with Crippen LogP contribution >= 0.6 is 0 Å². The molecule has 0 bridgehead atoms. The molecule has 4 rings (SSSR count). The van der Waals surface area contributed by atoms with Gasteiger partial charge in [-0.3, -0.25) is 9.69 Å². The van der Waals surface area contributed by atoms with Crippen LogP contribution in [0.2, 0.25) is 0 Å². The maximum absolute atomic E-state index is 13.0. The Morgan fingerprint density at radius 2 is 1.54 bits per heavy atom. The topological polar surface area (TPSA) is 43.8 Å². The summed E-state index contributed by atoms with van der Waals surface area (Å²) < 4.78 is 13.0. The summed E-state index contributed by atoms with van der Waals surface area (Å²) in [5, 5.41) is 9.39. The lowest BCUT2D eigenvalue weighted by atomic mass is 9.95. The lowest BCUT2D eigenvalue weighted by Gasteiger charge is -2.36. The quantitative estimate of drug-likeness (QED) is 0.835. The van der Waals surface area contributed by atoms with E-state index in [-0.39, 0.29) is 5.82 Å². The molecule has 0 radical (unpaired) electrons. The molecule has 1 saturated heterocycles. The van der Waals surface area contributed by atoms with Gasteiger partial charge in [0.1, 0.15) is 5.82 Å². The van der Waals surface area contributed by atoms with Gasteiger partial charge >= 0.3 is 5.97 Å². The van der Waals surface area contributed by atoms with Crippen molar-refractivity contribution in [2.24, 2.45) is 0 Å². The van der Waals surface area contributed by atoms with Gasteiger partial charge in [0.15, 0.2) is 0 Å². The van der Waals surface area contributed by atoms with Crippen LogP contribution in [0.3, 0.4) is 0 Å². The first kappa shape index (κ1) is 20.3. The Labute approximate surface area is 166 Å². The molecule has 2 aromatic carbocycles. The number of hydrogen-bond donors (Lipinski definition) is 1. The molecule has 0 spiro atoms. The van der Waals surface area contributed by atoms with Crippen LogP contribution in [-0.4, -0.2) is 42.2 Å². The Morgan fingerprint density at radius 1 is 0.964 bits per heavy atom. The fraction of sp³-hybridized carbons (Fsp3) is 0.435. The summed E-state index contributed by atoms with van der Waals surface area (Å²) in [5.41, 5.74) is 2.58. The molecule has 1 heterocycles. The van der Waals surface area contributed by atoms with Crippen molar-refractivity contribution < 1.29 is 14.3 Å². The first-order chi connectivity index (χ1) is 13.6. The highest BCUT2D eigenvalue weighted by Crippen LogP contribution is 2.48. The molecule has 0 amide bonds. The number of nitrogens with zero attached hydrogens (tertiary/aromatic N) is 2. The van der Waals surface area contributed by atoms with E-state index in [0.717, 1.165) is 56.8 Å². The number of anilines is 1. The molecule has 5 heteroatoms. The first-order valence-electron chi connectivity index (χ1n) is 10.1. The zero-order valence-corrected chi connectivity index (χ0v) is 16.7. The second-order valence-corrected chi connectivity index (χ2v) is 7.32. The zero-order valence-electron chi connectivity index (χ0n) is 16.7. The standard InChI is InChI=1S/C21H23FN2O2.C2H6/c22-18-5-7-19(8-6-18)24-13-11-23(12-14-24)15-16-1-3-17(4-2-16)21(9-10-21)20(25)26;1-2/h1-8H,9-15H2,(H,25,26);1-2H3. The van der Waals surface area contributed by atoms with Crippen LogP contribution in [-0.2, 0) is 16.8 Å². The SMILES string of the molecule is CC.O=C(O)C1(c2ccc(CN3CCN(c4ccc(F)cc4)CC3)cc2)CC1. The van der Waals surface area contributed by atoms with E-state index in [9.17, 15) is 14.3 Å². The van der Waals surface area contributed by atoms with Crippen LogP contribution in [0.5, 0.6) is 0 Å². The van der Waals surface area contributed by atoms with Crippen molar-refractivity contribution in [3.63, 3.8) is 0 Å².